The predicted octanol–water partition coefficient (Wildman–Crippen LogP) is 0.916. The zero-order chi connectivity index (χ0) is 22.8. The van der Waals surface area contributed by atoms with Crippen molar-refractivity contribution in [3.8, 4) is 0 Å². The van der Waals surface area contributed by atoms with Gasteiger partial charge in [-0.15, -0.1) is 0 Å². The first-order valence-corrected chi connectivity index (χ1v) is 10.4. The van der Waals surface area contributed by atoms with Gasteiger partial charge in [0.25, 0.3) is 5.91 Å². The zero-order valence-electron chi connectivity index (χ0n) is 17.3. The Balaban J connectivity index is 1.51. The molecule has 1 aromatic heterocycles. The zero-order valence-corrected chi connectivity index (χ0v) is 17.3. The number of aldehydes is 1. The van der Waals surface area contributed by atoms with Crippen LogP contribution >= 0.6 is 0 Å². The lowest BCUT2D eigenvalue weighted by molar-refractivity contribution is -0.145. The summed E-state index contributed by atoms with van der Waals surface area (Å²) >= 11 is 0. The van der Waals surface area contributed by atoms with Crippen LogP contribution in [0, 0.1) is 11.2 Å². The maximum absolute atomic E-state index is 13.5. The van der Waals surface area contributed by atoms with Gasteiger partial charge >= 0.3 is 0 Å². The highest BCUT2D eigenvalue weighted by Gasteiger charge is 2.61. The van der Waals surface area contributed by atoms with E-state index in [1.165, 1.54) is 6.20 Å². The monoisotopic (exact) mass is 438 g/mol. The molecule has 0 radical (unpaired) electrons. The highest BCUT2D eigenvalue weighted by Crippen LogP contribution is 2.52. The molecular formula is C23H23FN4O4. The predicted molar refractivity (Wildman–Crippen MR) is 112 cm³/mol. The van der Waals surface area contributed by atoms with E-state index >= 15 is 0 Å². The van der Waals surface area contributed by atoms with Gasteiger partial charge in [0.2, 0.25) is 11.8 Å². The molecule has 1 aliphatic carbocycles. The molecule has 0 bridgehead atoms. The molecular weight excluding hydrogens is 415 g/mol. The van der Waals surface area contributed by atoms with Crippen LogP contribution in [-0.4, -0.2) is 47.1 Å². The highest BCUT2D eigenvalue weighted by atomic mass is 19.1. The van der Waals surface area contributed by atoms with E-state index in [9.17, 15) is 23.6 Å². The largest absolute Gasteiger partial charge is 0.356 e. The quantitative estimate of drug-likeness (QED) is 0.556. The summed E-state index contributed by atoms with van der Waals surface area (Å²) in [4.78, 5) is 53.5. The highest BCUT2D eigenvalue weighted by molar-refractivity contribution is 5.98. The Labute approximate surface area is 184 Å². The second-order valence-corrected chi connectivity index (χ2v) is 8.51. The Bertz CT molecular complexity index is 1050. The second kappa shape index (κ2) is 8.49. The van der Waals surface area contributed by atoms with Crippen molar-refractivity contribution < 1.29 is 23.6 Å². The normalized spacial score (nSPS) is 24.8. The maximum atomic E-state index is 13.5. The molecule has 2 heterocycles. The van der Waals surface area contributed by atoms with Gasteiger partial charge in [-0.2, -0.15) is 0 Å². The lowest BCUT2D eigenvalue weighted by atomic mass is 9.57. The Morgan fingerprint density at radius 2 is 1.97 bits per heavy atom. The van der Waals surface area contributed by atoms with Crippen LogP contribution < -0.4 is 16.0 Å². The lowest BCUT2D eigenvalue weighted by Gasteiger charge is -2.50. The van der Waals surface area contributed by atoms with Crippen LogP contribution in [0.25, 0.3) is 0 Å². The molecule has 1 atom stereocenters. The first-order chi connectivity index (χ1) is 15.3. The number of hydrogen-bond acceptors (Lipinski definition) is 5. The number of amides is 3. The van der Waals surface area contributed by atoms with E-state index in [1.807, 2.05) is 30.3 Å². The number of hydrogen-bond donors (Lipinski definition) is 3. The first kappa shape index (κ1) is 21.6. The molecule has 3 amide bonds. The molecule has 1 aromatic carbocycles. The number of carbonyl (C=O) groups excluding carboxylic acids is 4. The summed E-state index contributed by atoms with van der Waals surface area (Å²) in [6.07, 6.45) is 4.08. The van der Waals surface area contributed by atoms with Crippen LogP contribution in [0.3, 0.4) is 0 Å². The number of rotatable bonds is 7. The van der Waals surface area contributed by atoms with Crippen LogP contribution in [0.2, 0.25) is 0 Å². The molecule has 2 aliphatic rings. The van der Waals surface area contributed by atoms with Gasteiger partial charge in [-0.25, -0.2) is 4.39 Å². The number of aromatic nitrogens is 1. The third-order valence-corrected chi connectivity index (χ3v) is 6.15. The Morgan fingerprint density at radius 1 is 1.22 bits per heavy atom. The summed E-state index contributed by atoms with van der Waals surface area (Å²) in [6.45, 7) is 0.552. The van der Waals surface area contributed by atoms with Crippen molar-refractivity contribution >= 4 is 24.0 Å². The van der Waals surface area contributed by atoms with E-state index < -0.39 is 34.6 Å². The van der Waals surface area contributed by atoms with E-state index in [0.29, 0.717) is 19.3 Å². The van der Waals surface area contributed by atoms with Gasteiger partial charge in [-0.05, 0) is 30.9 Å². The summed E-state index contributed by atoms with van der Waals surface area (Å²) in [6, 6.07) is 9.09. The van der Waals surface area contributed by atoms with Gasteiger partial charge < -0.3 is 20.7 Å². The van der Waals surface area contributed by atoms with Crippen LogP contribution in [0.5, 0.6) is 0 Å². The van der Waals surface area contributed by atoms with Crippen molar-refractivity contribution in [2.45, 2.75) is 37.3 Å². The van der Waals surface area contributed by atoms with Gasteiger partial charge in [0.15, 0.2) is 0 Å². The molecule has 1 saturated carbocycles. The molecule has 2 aromatic rings. The lowest BCUT2D eigenvalue weighted by Crippen LogP contribution is -2.67. The number of nitrogens with zero attached hydrogens (tertiary/aromatic N) is 1. The number of benzene rings is 1. The minimum absolute atomic E-state index is 0.0220. The van der Waals surface area contributed by atoms with Crippen molar-refractivity contribution in [3.63, 3.8) is 0 Å². The van der Waals surface area contributed by atoms with E-state index in [4.69, 9.17) is 0 Å². The summed E-state index contributed by atoms with van der Waals surface area (Å²) < 4.78 is 13.5. The summed E-state index contributed by atoms with van der Waals surface area (Å²) in [5, 5.41) is 8.14. The van der Waals surface area contributed by atoms with Crippen LogP contribution in [0.4, 0.5) is 4.39 Å². The van der Waals surface area contributed by atoms with E-state index in [1.54, 1.807) is 0 Å². The molecule has 8 nitrogen and oxygen atoms in total. The second-order valence-electron chi connectivity index (χ2n) is 8.51. The van der Waals surface area contributed by atoms with Crippen molar-refractivity contribution in [3.05, 3.63) is 65.7 Å². The Hall–Kier alpha value is -3.62. The molecule has 4 rings (SSSR count). The SMILES string of the molecule is O=CC1(NC(=O)[C@H](Cc2ccccc2)NC(=O)c2cncc(F)c2)CC2(CCNC2=O)C1. The number of halogens is 1. The minimum Gasteiger partial charge on any atom is -0.356 e. The third-order valence-electron chi connectivity index (χ3n) is 6.15. The van der Waals surface area contributed by atoms with Gasteiger partial charge in [0.1, 0.15) is 18.1 Å². The number of nitrogens with one attached hydrogen (secondary N) is 3. The van der Waals surface area contributed by atoms with Crippen LogP contribution in [0.15, 0.2) is 48.8 Å². The van der Waals surface area contributed by atoms with Crippen LogP contribution in [-0.2, 0) is 20.8 Å². The number of pyridine rings is 1. The fourth-order valence-corrected chi connectivity index (χ4v) is 4.58. The van der Waals surface area contributed by atoms with Crippen LogP contribution in [0.1, 0.15) is 35.2 Å². The Morgan fingerprint density at radius 3 is 2.59 bits per heavy atom. The van der Waals surface area contributed by atoms with Gasteiger partial charge in [-0.1, -0.05) is 30.3 Å². The van der Waals surface area contributed by atoms with Gasteiger partial charge in [0.05, 0.1) is 22.7 Å². The maximum Gasteiger partial charge on any atom is 0.253 e. The van der Waals surface area contributed by atoms with Gasteiger partial charge in [0, 0.05) is 19.2 Å². The van der Waals surface area contributed by atoms with E-state index in [0.717, 1.165) is 17.8 Å². The fraction of sp³-hybridized carbons (Fsp3) is 0.348. The van der Waals surface area contributed by atoms with Crippen molar-refractivity contribution in [1.29, 1.82) is 0 Å². The Kier molecular flexibility index (Phi) is 5.73. The minimum atomic E-state index is -1.15. The summed E-state index contributed by atoms with van der Waals surface area (Å²) in [7, 11) is 0. The molecule has 0 unspecified atom stereocenters. The van der Waals surface area contributed by atoms with E-state index in [-0.39, 0.29) is 30.7 Å². The molecule has 166 valence electrons. The summed E-state index contributed by atoms with van der Waals surface area (Å²) in [5.41, 5.74) is -1.00. The van der Waals surface area contributed by atoms with Gasteiger partial charge in [-0.3, -0.25) is 19.4 Å². The van der Waals surface area contributed by atoms with Crippen molar-refractivity contribution in [2.75, 3.05) is 6.54 Å². The third kappa shape index (κ3) is 4.23. The van der Waals surface area contributed by atoms with Crippen molar-refractivity contribution in [2.24, 2.45) is 5.41 Å². The molecule has 1 spiro atoms. The average molecular weight is 438 g/mol. The average Bonchev–Trinajstić information content (AvgIpc) is 3.14. The molecule has 2 fully saturated rings. The molecule has 9 heteroatoms. The number of carbonyl (C=O) groups is 4. The molecule has 1 saturated heterocycles. The topological polar surface area (TPSA) is 117 Å². The standard InChI is InChI=1S/C23H23FN4O4/c24-17-9-16(10-25-11-17)19(30)27-18(8-15-4-2-1-3-5-15)20(31)28-23(14-29)12-22(13-23)6-7-26-21(22)32/h1-5,9-11,14,18H,6-8,12-13H2,(H,26,32)(H,27,30)(H,28,31)/t18-,22?,23?/m0/s1. The fourth-order valence-electron chi connectivity index (χ4n) is 4.58. The molecule has 1 aliphatic heterocycles. The molecule has 32 heavy (non-hydrogen) atoms. The first-order valence-electron chi connectivity index (χ1n) is 10.4. The molecule has 3 N–H and O–H groups in total. The van der Waals surface area contributed by atoms with Crippen molar-refractivity contribution in [1.82, 2.24) is 20.9 Å². The smallest absolute Gasteiger partial charge is 0.253 e. The van der Waals surface area contributed by atoms with E-state index in [2.05, 4.69) is 20.9 Å². The summed E-state index contributed by atoms with van der Waals surface area (Å²) in [5.74, 6) is -1.98.